The zero-order chi connectivity index (χ0) is 8.55. The molecule has 0 fully saturated rings. The number of benzene rings is 1. The number of aldehydes is 1. The van der Waals surface area contributed by atoms with Crippen molar-refractivity contribution in [3.63, 3.8) is 0 Å². The standard InChI is InChI=1S/C9H6O2Se/c10-5-7-3-6-1-2-12-9(6)4-8(7)11/h1-5,11H. The molecular weight excluding hydrogens is 219 g/mol. The molecule has 1 aromatic carbocycles. The molecule has 0 spiro atoms. The first-order chi connectivity index (χ1) is 5.81. The van der Waals surface area contributed by atoms with Gasteiger partial charge in [0, 0.05) is 0 Å². The molecule has 1 aromatic heterocycles. The summed E-state index contributed by atoms with van der Waals surface area (Å²) in [5.41, 5.74) is 0.371. The van der Waals surface area contributed by atoms with E-state index in [1.165, 1.54) is 0 Å². The number of carbonyl (C=O) groups excluding carboxylic acids is 1. The molecule has 1 heterocycles. The van der Waals surface area contributed by atoms with Crippen LogP contribution in [0.4, 0.5) is 0 Å². The molecule has 2 nitrogen and oxygen atoms in total. The summed E-state index contributed by atoms with van der Waals surface area (Å²) in [6.07, 6.45) is 0.675. The van der Waals surface area contributed by atoms with Crippen molar-refractivity contribution in [1.82, 2.24) is 0 Å². The zero-order valence-electron chi connectivity index (χ0n) is 6.15. The third-order valence-corrected chi connectivity index (χ3v) is 3.57. The molecule has 0 aliphatic rings. The van der Waals surface area contributed by atoms with Crippen LogP contribution < -0.4 is 0 Å². The summed E-state index contributed by atoms with van der Waals surface area (Å²) in [5, 5.41) is 10.4. The molecule has 0 amide bonds. The molecule has 0 bridgehead atoms. The SMILES string of the molecule is O=Cc1cc2cc[se]c2cc1O. The van der Waals surface area contributed by atoms with Crippen molar-refractivity contribution in [3.8, 4) is 5.75 Å². The Morgan fingerprint density at radius 3 is 3.00 bits per heavy atom. The Bertz CT molecular complexity index is 431. The van der Waals surface area contributed by atoms with Gasteiger partial charge in [0.25, 0.3) is 0 Å². The number of hydrogen-bond acceptors (Lipinski definition) is 2. The number of hydrogen-bond donors (Lipinski definition) is 1. The van der Waals surface area contributed by atoms with Crippen LogP contribution in [0.25, 0.3) is 9.65 Å². The van der Waals surface area contributed by atoms with Crippen molar-refractivity contribution in [2.75, 3.05) is 0 Å². The van der Waals surface area contributed by atoms with Gasteiger partial charge in [-0.1, -0.05) is 0 Å². The number of aromatic hydroxyl groups is 1. The number of rotatable bonds is 1. The molecule has 3 heteroatoms. The predicted octanol–water partition coefficient (Wildman–Crippen LogP) is 1.41. The average Bonchev–Trinajstić information content (AvgIpc) is 2.49. The second kappa shape index (κ2) is 2.77. The van der Waals surface area contributed by atoms with Crippen LogP contribution in [0.1, 0.15) is 10.4 Å². The van der Waals surface area contributed by atoms with E-state index in [0.717, 1.165) is 9.65 Å². The first-order valence-electron chi connectivity index (χ1n) is 3.46. The summed E-state index contributed by atoms with van der Waals surface area (Å²) in [5.74, 6) is 0.0920. The summed E-state index contributed by atoms with van der Waals surface area (Å²) in [7, 11) is 0. The monoisotopic (exact) mass is 226 g/mol. The van der Waals surface area contributed by atoms with Crippen LogP contribution in [0.3, 0.4) is 0 Å². The van der Waals surface area contributed by atoms with Crippen molar-refractivity contribution in [2.24, 2.45) is 0 Å². The molecule has 12 heavy (non-hydrogen) atoms. The zero-order valence-corrected chi connectivity index (χ0v) is 7.86. The number of phenolic OH excluding ortho intramolecular Hbond substituents is 1. The Labute approximate surface area is 75.2 Å². The van der Waals surface area contributed by atoms with E-state index >= 15 is 0 Å². The molecule has 0 radical (unpaired) electrons. The molecular formula is C9H6O2Se. The van der Waals surface area contributed by atoms with E-state index < -0.39 is 0 Å². The minimum absolute atomic E-state index is 0.0920. The minimum atomic E-state index is 0.0920. The maximum absolute atomic E-state index is 10.4. The van der Waals surface area contributed by atoms with Crippen LogP contribution in [0, 0.1) is 0 Å². The van der Waals surface area contributed by atoms with Gasteiger partial charge < -0.3 is 0 Å². The van der Waals surface area contributed by atoms with E-state index in [1.807, 2.05) is 6.07 Å². The van der Waals surface area contributed by atoms with Gasteiger partial charge >= 0.3 is 74.8 Å². The Balaban J connectivity index is 2.81. The van der Waals surface area contributed by atoms with Crippen molar-refractivity contribution < 1.29 is 9.90 Å². The van der Waals surface area contributed by atoms with E-state index in [4.69, 9.17) is 0 Å². The van der Waals surface area contributed by atoms with Gasteiger partial charge in [-0.3, -0.25) is 0 Å². The van der Waals surface area contributed by atoms with E-state index in [2.05, 4.69) is 4.94 Å². The summed E-state index contributed by atoms with van der Waals surface area (Å²) in [6.45, 7) is 0. The Hall–Kier alpha value is -1.05. The van der Waals surface area contributed by atoms with E-state index in [9.17, 15) is 9.90 Å². The summed E-state index contributed by atoms with van der Waals surface area (Å²) in [4.78, 5) is 12.5. The van der Waals surface area contributed by atoms with Crippen molar-refractivity contribution in [2.45, 2.75) is 0 Å². The Kier molecular flexibility index (Phi) is 1.75. The first kappa shape index (κ1) is 7.59. The second-order valence-electron chi connectivity index (χ2n) is 2.49. The van der Waals surface area contributed by atoms with Crippen LogP contribution in [0.2, 0.25) is 0 Å². The molecule has 0 aliphatic heterocycles. The van der Waals surface area contributed by atoms with Gasteiger partial charge in [-0.25, -0.2) is 0 Å². The molecule has 60 valence electrons. The van der Waals surface area contributed by atoms with E-state index in [-0.39, 0.29) is 5.75 Å². The summed E-state index contributed by atoms with van der Waals surface area (Å²) >= 11 is 0.328. The van der Waals surface area contributed by atoms with Gasteiger partial charge in [-0.05, 0) is 0 Å². The average molecular weight is 225 g/mol. The third-order valence-electron chi connectivity index (χ3n) is 1.73. The van der Waals surface area contributed by atoms with Gasteiger partial charge in [-0.2, -0.15) is 0 Å². The summed E-state index contributed by atoms with van der Waals surface area (Å²) in [6, 6.07) is 5.39. The van der Waals surface area contributed by atoms with E-state index in [1.54, 1.807) is 12.1 Å². The topological polar surface area (TPSA) is 37.3 Å². The van der Waals surface area contributed by atoms with Gasteiger partial charge in [0.1, 0.15) is 0 Å². The van der Waals surface area contributed by atoms with Crippen LogP contribution in [-0.4, -0.2) is 25.9 Å². The Morgan fingerprint density at radius 1 is 1.42 bits per heavy atom. The number of phenols is 1. The van der Waals surface area contributed by atoms with Crippen LogP contribution >= 0.6 is 0 Å². The molecule has 0 unspecified atom stereocenters. The van der Waals surface area contributed by atoms with Gasteiger partial charge in [0.05, 0.1) is 0 Å². The van der Waals surface area contributed by atoms with E-state index in [0.29, 0.717) is 26.4 Å². The number of fused-ring (bicyclic) bond motifs is 1. The number of carbonyl (C=O) groups is 1. The quantitative estimate of drug-likeness (QED) is 0.588. The second-order valence-corrected chi connectivity index (χ2v) is 4.48. The van der Waals surface area contributed by atoms with Crippen LogP contribution in [0.5, 0.6) is 5.75 Å². The predicted molar refractivity (Wildman–Crippen MR) is 47.9 cm³/mol. The first-order valence-corrected chi connectivity index (χ1v) is 5.31. The molecule has 0 saturated carbocycles. The fraction of sp³-hybridized carbons (Fsp3) is 0. The van der Waals surface area contributed by atoms with Gasteiger partial charge in [-0.15, -0.1) is 0 Å². The fourth-order valence-corrected chi connectivity index (χ4v) is 2.80. The molecule has 2 aromatic rings. The fourth-order valence-electron chi connectivity index (χ4n) is 1.11. The molecule has 0 atom stereocenters. The van der Waals surface area contributed by atoms with Crippen molar-refractivity contribution >= 4 is 30.4 Å². The maximum atomic E-state index is 10.4. The summed E-state index contributed by atoms with van der Waals surface area (Å²) < 4.78 is 1.14. The van der Waals surface area contributed by atoms with Crippen LogP contribution in [0.15, 0.2) is 23.1 Å². The molecule has 0 aliphatic carbocycles. The van der Waals surface area contributed by atoms with Gasteiger partial charge in [0.15, 0.2) is 0 Å². The molecule has 2 rings (SSSR count). The van der Waals surface area contributed by atoms with Crippen molar-refractivity contribution in [3.05, 3.63) is 28.7 Å². The third kappa shape index (κ3) is 1.07. The molecule has 1 N–H and O–H groups in total. The van der Waals surface area contributed by atoms with Gasteiger partial charge in [0.2, 0.25) is 0 Å². The molecule has 0 saturated heterocycles. The van der Waals surface area contributed by atoms with Crippen molar-refractivity contribution in [1.29, 1.82) is 0 Å². The normalized spacial score (nSPS) is 10.3. The van der Waals surface area contributed by atoms with Crippen LogP contribution in [-0.2, 0) is 0 Å². The Morgan fingerprint density at radius 2 is 2.25 bits per heavy atom.